The summed E-state index contributed by atoms with van der Waals surface area (Å²) in [6.07, 6.45) is 5.88. The van der Waals surface area contributed by atoms with Gasteiger partial charge in [-0.05, 0) is 45.8 Å². The van der Waals surface area contributed by atoms with Crippen molar-refractivity contribution < 1.29 is 0 Å². The number of rotatable bonds is 8. The summed E-state index contributed by atoms with van der Waals surface area (Å²) in [5, 5.41) is 0. The Kier molecular flexibility index (Phi) is 8.14. The molecule has 1 atom stereocenters. The Morgan fingerprint density at radius 3 is 2.07 bits per heavy atom. The van der Waals surface area contributed by atoms with Crippen molar-refractivity contribution in [3.05, 3.63) is 0 Å². The quantitative estimate of drug-likeness (QED) is 0.586. The maximum absolute atomic E-state index is 5.49. The second kappa shape index (κ2) is 8.21. The van der Waals surface area contributed by atoms with Crippen molar-refractivity contribution in [2.24, 2.45) is 17.4 Å². The molecule has 0 radical (unpaired) electrons. The Morgan fingerprint density at radius 1 is 1.00 bits per heavy atom. The number of hydrogen-bond donors (Lipinski definition) is 2. The summed E-state index contributed by atoms with van der Waals surface area (Å²) < 4.78 is 0. The third-order valence-corrected chi connectivity index (χ3v) is 2.54. The second-order valence-corrected chi connectivity index (χ2v) is 4.65. The summed E-state index contributed by atoms with van der Waals surface area (Å²) in [5.41, 5.74) is 11.0. The van der Waals surface area contributed by atoms with Crippen LogP contribution in [0, 0.1) is 5.92 Å². The summed E-state index contributed by atoms with van der Waals surface area (Å²) >= 11 is 0. The van der Waals surface area contributed by atoms with Crippen LogP contribution in [0.5, 0.6) is 0 Å². The van der Waals surface area contributed by atoms with E-state index in [2.05, 4.69) is 25.9 Å². The molecule has 0 saturated carbocycles. The third kappa shape index (κ3) is 9.96. The van der Waals surface area contributed by atoms with E-state index in [0.717, 1.165) is 12.3 Å². The van der Waals surface area contributed by atoms with Gasteiger partial charge in [-0.2, -0.15) is 0 Å². The average molecular weight is 203 g/mol. The molecule has 0 bridgehead atoms. The van der Waals surface area contributed by atoms with Crippen LogP contribution < -0.4 is 11.5 Å². The lowest BCUT2D eigenvalue weighted by molar-refractivity contribution is 0.360. The molecule has 0 aromatic rings. The summed E-state index contributed by atoms with van der Waals surface area (Å²) in [6.45, 7) is 3.51. The first-order valence-electron chi connectivity index (χ1n) is 5.68. The normalized spacial score (nSPS) is 13.9. The van der Waals surface area contributed by atoms with E-state index in [4.69, 9.17) is 11.5 Å². The zero-order valence-electron chi connectivity index (χ0n) is 10.00. The van der Waals surface area contributed by atoms with Crippen molar-refractivity contribution in [1.82, 2.24) is 4.90 Å². The molecule has 0 aromatic carbocycles. The van der Waals surface area contributed by atoms with Gasteiger partial charge in [-0.25, -0.2) is 0 Å². The molecule has 0 aliphatic heterocycles. The number of nitrogens with zero attached hydrogens (tertiary/aromatic N) is 1. The monoisotopic (exact) mass is 203 g/mol. The van der Waals surface area contributed by atoms with Gasteiger partial charge in [0.25, 0.3) is 0 Å². The SMILES string of the molecule is CC(CCCC(N)N)CCC[16N](C)C. The Morgan fingerprint density at radius 2 is 1.57 bits per heavy atom. The van der Waals surface area contributed by atoms with Gasteiger partial charge in [0, 0.05) is 0 Å². The summed E-state index contributed by atoms with van der Waals surface area (Å²) in [6, 6.07) is 0. The van der Waals surface area contributed by atoms with Crippen molar-refractivity contribution in [1.29, 1.82) is 0 Å². The van der Waals surface area contributed by atoms with Gasteiger partial charge in [0.05, 0.1) is 6.17 Å². The van der Waals surface area contributed by atoms with Crippen molar-refractivity contribution in [2.45, 2.75) is 45.2 Å². The Hall–Kier alpha value is -0.120. The second-order valence-electron chi connectivity index (χ2n) is 4.65. The van der Waals surface area contributed by atoms with Crippen LogP contribution in [0.4, 0.5) is 0 Å². The van der Waals surface area contributed by atoms with E-state index in [-0.39, 0.29) is 6.17 Å². The molecule has 86 valence electrons. The predicted octanol–water partition coefficient (Wildman–Crippen LogP) is 1.38. The highest BCUT2D eigenvalue weighted by Crippen LogP contribution is 2.13. The summed E-state index contributed by atoms with van der Waals surface area (Å²) in [7, 11) is 4.25. The zero-order valence-corrected chi connectivity index (χ0v) is 10.00. The van der Waals surface area contributed by atoms with Crippen LogP contribution >= 0.6 is 0 Å². The molecule has 14 heavy (non-hydrogen) atoms. The molecule has 0 aliphatic carbocycles. The van der Waals surface area contributed by atoms with Crippen LogP contribution in [0.3, 0.4) is 0 Å². The smallest absolute Gasteiger partial charge is 0.0520 e. The largest absolute Gasteiger partial charge is 0.316 e. The molecule has 0 amide bonds. The molecule has 0 spiro atoms. The zero-order chi connectivity index (χ0) is 11.0. The van der Waals surface area contributed by atoms with E-state index >= 15 is 0 Å². The van der Waals surface area contributed by atoms with Crippen LogP contribution in [0.15, 0.2) is 0 Å². The molecule has 4 N–H and O–H groups in total. The fourth-order valence-corrected chi connectivity index (χ4v) is 1.60. The first-order chi connectivity index (χ1) is 6.52. The summed E-state index contributed by atoms with van der Waals surface area (Å²) in [4.78, 5) is 2.24. The molecule has 0 aliphatic rings. The minimum absolute atomic E-state index is 0.121. The molecule has 3 heteroatoms. The van der Waals surface area contributed by atoms with E-state index in [1.54, 1.807) is 0 Å². The van der Waals surface area contributed by atoms with Crippen LogP contribution in [-0.2, 0) is 0 Å². The van der Waals surface area contributed by atoms with E-state index in [1.807, 2.05) is 0 Å². The first-order valence-corrected chi connectivity index (χ1v) is 5.68. The van der Waals surface area contributed by atoms with Gasteiger partial charge in [-0.1, -0.05) is 19.8 Å². The molecule has 3 nitrogen and oxygen atoms in total. The highest BCUT2D eigenvalue weighted by molar-refractivity contribution is 4.58. The van der Waals surface area contributed by atoms with Crippen LogP contribution in [0.25, 0.3) is 0 Å². The fraction of sp³-hybridized carbons (Fsp3) is 1.00. The van der Waals surface area contributed by atoms with Crippen molar-refractivity contribution in [3.8, 4) is 0 Å². The lowest BCUT2D eigenvalue weighted by Gasteiger charge is -2.14. The summed E-state index contributed by atoms with van der Waals surface area (Å²) in [5.74, 6) is 0.814. The molecule has 0 fully saturated rings. The Labute approximate surface area is 88.8 Å². The van der Waals surface area contributed by atoms with Crippen LogP contribution in [-0.4, -0.2) is 31.7 Å². The van der Waals surface area contributed by atoms with Gasteiger partial charge in [-0.15, -0.1) is 0 Å². The van der Waals surface area contributed by atoms with Gasteiger partial charge < -0.3 is 16.4 Å². The van der Waals surface area contributed by atoms with Crippen molar-refractivity contribution in [3.63, 3.8) is 0 Å². The Balaban J connectivity index is 3.23. The highest BCUT2D eigenvalue weighted by atomic mass is 16.7. The maximum Gasteiger partial charge on any atom is 0.0520 e. The van der Waals surface area contributed by atoms with Gasteiger partial charge >= 0.3 is 0 Å². The molecular weight excluding hydrogens is 176 g/mol. The fourth-order valence-electron chi connectivity index (χ4n) is 1.60. The standard InChI is InChI=1S/C11H27N3/c1-10(6-4-8-11(12)13)7-5-9-14(2)3/h10-11H,4-9,12-13H2,1-3H3/i14+2. The van der Waals surface area contributed by atoms with Crippen molar-refractivity contribution in [2.75, 3.05) is 20.6 Å². The van der Waals surface area contributed by atoms with Crippen molar-refractivity contribution >= 4 is 0 Å². The number of nitrogens with two attached hydrogens (primary N) is 2. The van der Waals surface area contributed by atoms with Gasteiger partial charge in [0.15, 0.2) is 0 Å². The van der Waals surface area contributed by atoms with E-state index in [9.17, 15) is 0 Å². The number of hydrogen-bond acceptors (Lipinski definition) is 3. The average Bonchev–Trinajstić information content (AvgIpc) is 2.02. The van der Waals surface area contributed by atoms with E-state index < -0.39 is 0 Å². The minimum atomic E-state index is -0.121. The molecule has 1 unspecified atom stereocenters. The van der Waals surface area contributed by atoms with Gasteiger partial charge in [0.1, 0.15) is 0 Å². The molecule has 0 aromatic heterocycles. The predicted molar refractivity (Wildman–Crippen MR) is 63.0 cm³/mol. The molecule has 0 heterocycles. The molecule has 0 rings (SSSR count). The van der Waals surface area contributed by atoms with Gasteiger partial charge in [0.2, 0.25) is 0 Å². The van der Waals surface area contributed by atoms with Crippen LogP contribution in [0.1, 0.15) is 39.0 Å². The maximum atomic E-state index is 5.49. The van der Waals surface area contributed by atoms with E-state index in [1.165, 1.54) is 32.2 Å². The lowest BCUT2D eigenvalue weighted by atomic mass is 9.98. The molecule has 0 saturated heterocycles. The highest BCUT2D eigenvalue weighted by Gasteiger charge is 2.03. The topological polar surface area (TPSA) is 55.3 Å². The third-order valence-electron chi connectivity index (χ3n) is 2.54. The van der Waals surface area contributed by atoms with E-state index in [0.29, 0.717) is 0 Å². The first kappa shape index (κ1) is 13.9. The van der Waals surface area contributed by atoms with Gasteiger partial charge in [-0.3, -0.25) is 0 Å². The van der Waals surface area contributed by atoms with Crippen LogP contribution in [0.2, 0.25) is 0 Å². The Bertz CT molecular complexity index is 110. The minimum Gasteiger partial charge on any atom is -0.316 e. The molecular formula is C11H27N3. The lowest BCUT2D eigenvalue weighted by Crippen LogP contribution is -2.30.